The second-order valence-corrected chi connectivity index (χ2v) is 6.71. The Kier molecular flexibility index (Phi) is 4.33. The first kappa shape index (κ1) is 15.1. The normalized spacial score (nSPS) is 23.4. The molecule has 0 spiro atoms. The maximum absolute atomic E-state index is 5.92. The molecule has 5 nitrogen and oxygen atoms in total. The van der Waals surface area contributed by atoms with Crippen LogP contribution in [0.4, 0.5) is 0 Å². The Morgan fingerprint density at radius 1 is 1.04 bits per heavy atom. The van der Waals surface area contributed by atoms with Gasteiger partial charge >= 0.3 is 0 Å². The molecule has 2 aliphatic rings. The molecule has 0 radical (unpaired) electrons. The second kappa shape index (κ2) is 6.59. The van der Waals surface area contributed by atoms with Crippen LogP contribution in [0.2, 0.25) is 5.02 Å². The molecule has 2 aliphatic heterocycles. The zero-order chi connectivity index (χ0) is 15.6. The number of halogens is 1. The fraction of sp³-hybridized carbons (Fsp3) is 0.529. The van der Waals surface area contributed by atoms with E-state index in [9.17, 15) is 0 Å². The lowest BCUT2D eigenvalue weighted by Crippen LogP contribution is -2.37. The average Bonchev–Trinajstić information content (AvgIpc) is 3.26. The topological polar surface area (TPSA) is 51.4 Å². The number of hydrogen-bond acceptors (Lipinski definition) is 5. The Balaban J connectivity index is 1.44. The molecule has 2 saturated heterocycles. The van der Waals surface area contributed by atoms with Gasteiger partial charge in [-0.3, -0.25) is 4.90 Å². The van der Waals surface area contributed by atoms with Crippen molar-refractivity contribution < 1.29 is 9.15 Å². The fourth-order valence-corrected chi connectivity index (χ4v) is 3.61. The zero-order valence-corrected chi connectivity index (χ0v) is 13.7. The van der Waals surface area contributed by atoms with Crippen LogP contribution < -0.4 is 0 Å². The molecule has 2 aromatic rings. The molecule has 0 saturated carbocycles. The summed E-state index contributed by atoms with van der Waals surface area (Å²) in [4.78, 5) is 2.55. The van der Waals surface area contributed by atoms with Gasteiger partial charge < -0.3 is 9.15 Å². The average molecular weight is 334 g/mol. The van der Waals surface area contributed by atoms with Crippen molar-refractivity contribution in [3.8, 4) is 11.5 Å². The number of nitrogens with zero attached hydrogens (tertiary/aromatic N) is 3. The van der Waals surface area contributed by atoms with Crippen LogP contribution in [-0.2, 0) is 4.74 Å². The van der Waals surface area contributed by atoms with Crippen molar-refractivity contribution in [2.24, 2.45) is 0 Å². The molecule has 0 aliphatic carbocycles. The summed E-state index contributed by atoms with van der Waals surface area (Å²) < 4.78 is 11.4. The van der Waals surface area contributed by atoms with E-state index in [-0.39, 0.29) is 0 Å². The summed E-state index contributed by atoms with van der Waals surface area (Å²) in [6.07, 6.45) is 3.35. The lowest BCUT2D eigenvalue weighted by Gasteiger charge is -2.30. The summed E-state index contributed by atoms with van der Waals surface area (Å²) in [6, 6.07) is 8.13. The van der Waals surface area contributed by atoms with E-state index >= 15 is 0 Å². The van der Waals surface area contributed by atoms with Crippen LogP contribution in [-0.4, -0.2) is 47.4 Å². The van der Waals surface area contributed by atoms with E-state index in [0.717, 1.165) is 57.0 Å². The molecule has 0 bridgehead atoms. The van der Waals surface area contributed by atoms with Gasteiger partial charge in [0.25, 0.3) is 0 Å². The van der Waals surface area contributed by atoms with Crippen LogP contribution >= 0.6 is 11.6 Å². The summed E-state index contributed by atoms with van der Waals surface area (Å²) in [6.45, 7) is 3.88. The highest BCUT2D eigenvalue weighted by atomic mass is 35.5. The second-order valence-electron chi connectivity index (χ2n) is 6.28. The molecule has 0 unspecified atom stereocenters. The quantitative estimate of drug-likeness (QED) is 0.862. The molecule has 1 aromatic carbocycles. The Hall–Kier alpha value is -1.43. The number of hydrogen-bond donors (Lipinski definition) is 0. The summed E-state index contributed by atoms with van der Waals surface area (Å²) in [5, 5.41) is 9.18. The van der Waals surface area contributed by atoms with Crippen molar-refractivity contribution >= 4 is 11.6 Å². The van der Waals surface area contributed by atoms with Gasteiger partial charge in [-0.2, -0.15) is 0 Å². The Labute approximate surface area is 140 Å². The van der Waals surface area contributed by atoms with Crippen molar-refractivity contribution in [2.75, 3.05) is 26.3 Å². The zero-order valence-electron chi connectivity index (χ0n) is 12.9. The summed E-state index contributed by atoms with van der Waals surface area (Å²) in [7, 11) is 0. The lowest BCUT2D eigenvalue weighted by atomic mass is 10.1. The van der Waals surface area contributed by atoms with Crippen molar-refractivity contribution in [1.82, 2.24) is 15.1 Å². The van der Waals surface area contributed by atoms with Gasteiger partial charge in [-0.05, 0) is 50.1 Å². The molecule has 3 heterocycles. The van der Waals surface area contributed by atoms with Crippen molar-refractivity contribution in [3.63, 3.8) is 0 Å². The minimum absolute atomic E-state index is 0.339. The van der Waals surface area contributed by atoms with Crippen LogP contribution in [0.25, 0.3) is 11.5 Å². The van der Waals surface area contributed by atoms with Crippen LogP contribution in [0.3, 0.4) is 0 Å². The first-order chi connectivity index (χ1) is 11.3. The highest BCUT2D eigenvalue weighted by molar-refractivity contribution is 6.30. The first-order valence-corrected chi connectivity index (χ1v) is 8.58. The van der Waals surface area contributed by atoms with Gasteiger partial charge in [0.2, 0.25) is 11.8 Å². The van der Waals surface area contributed by atoms with Gasteiger partial charge in [0, 0.05) is 36.4 Å². The maximum atomic E-state index is 5.92. The van der Waals surface area contributed by atoms with Gasteiger partial charge in [0.1, 0.15) is 0 Å². The lowest BCUT2D eigenvalue weighted by molar-refractivity contribution is 0.0417. The SMILES string of the molecule is Clc1ccc(-c2nnc([C@H]3CCN(C4CCOCC4)C3)o2)cc1. The first-order valence-electron chi connectivity index (χ1n) is 8.21. The molecule has 122 valence electrons. The monoisotopic (exact) mass is 333 g/mol. The summed E-state index contributed by atoms with van der Waals surface area (Å²) in [5.74, 6) is 1.66. The molecule has 0 N–H and O–H groups in total. The molecule has 1 aromatic heterocycles. The summed E-state index contributed by atoms with van der Waals surface area (Å²) >= 11 is 5.92. The van der Waals surface area contributed by atoms with E-state index in [4.69, 9.17) is 20.8 Å². The number of benzene rings is 1. The molecular formula is C17H20ClN3O2. The highest BCUT2D eigenvalue weighted by Gasteiger charge is 2.32. The van der Waals surface area contributed by atoms with E-state index in [2.05, 4.69) is 15.1 Å². The number of aromatic nitrogens is 2. The largest absolute Gasteiger partial charge is 0.420 e. The summed E-state index contributed by atoms with van der Waals surface area (Å²) in [5.41, 5.74) is 0.910. The molecule has 0 amide bonds. The van der Waals surface area contributed by atoms with Gasteiger partial charge in [0.05, 0.1) is 5.92 Å². The molecule has 6 heteroatoms. The van der Waals surface area contributed by atoms with Gasteiger partial charge in [-0.25, -0.2) is 0 Å². The Morgan fingerprint density at radius 2 is 1.83 bits per heavy atom. The van der Waals surface area contributed by atoms with Crippen LogP contribution in [0, 0.1) is 0 Å². The van der Waals surface area contributed by atoms with E-state index in [1.54, 1.807) is 0 Å². The van der Waals surface area contributed by atoms with Crippen molar-refractivity contribution in [1.29, 1.82) is 0 Å². The third kappa shape index (κ3) is 3.27. The third-order valence-electron chi connectivity index (χ3n) is 4.81. The van der Waals surface area contributed by atoms with Crippen LogP contribution in [0.1, 0.15) is 31.1 Å². The Bertz CT molecular complexity index is 652. The molecule has 4 rings (SSSR count). The van der Waals surface area contributed by atoms with Crippen molar-refractivity contribution in [3.05, 3.63) is 35.2 Å². The standard InChI is InChI=1S/C17H20ClN3O2/c18-14-3-1-12(2-4-14)16-19-20-17(23-16)13-5-8-21(11-13)15-6-9-22-10-7-15/h1-4,13,15H,5-11H2/t13-/m0/s1. The minimum Gasteiger partial charge on any atom is -0.420 e. The third-order valence-corrected chi connectivity index (χ3v) is 5.06. The molecule has 1 atom stereocenters. The predicted octanol–water partition coefficient (Wildman–Crippen LogP) is 3.36. The predicted molar refractivity (Wildman–Crippen MR) is 87.5 cm³/mol. The number of ether oxygens (including phenoxy) is 1. The van der Waals surface area contributed by atoms with E-state index < -0.39 is 0 Å². The number of likely N-dealkylation sites (tertiary alicyclic amines) is 1. The molecule has 2 fully saturated rings. The fourth-order valence-electron chi connectivity index (χ4n) is 3.48. The van der Waals surface area contributed by atoms with Gasteiger partial charge in [0.15, 0.2) is 0 Å². The van der Waals surface area contributed by atoms with Crippen LogP contribution in [0.15, 0.2) is 28.7 Å². The van der Waals surface area contributed by atoms with Gasteiger partial charge in [-0.15, -0.1) is 10.2 Å². The van der Waals surface area contributed by atoms with Crippen molar-refractivity contribution in [2.45, 2.75) is 31.2 Å². The molecular weight excluding hydrogens is 314 g/mol. The number of rotatable bonds is 3. The Morgan fingerprint density at radius 3 is 2.61 bits per heavy atom. The van der Waals surface area contributed by atoms with Crippen LogP contribution in [0.5, 0.6) is 0 Å². The molecule has 23 heavy (non-hydrogen) atoms. The maximum Gasteiger partial charge on any atom is 0.247 e. The van der Waals surface area contributed by atoms with E-state index in [0.29, 0.717) is 22.9 Å². The van der Waals surface area contributed by atoms with Gasteiger partial charge in [-0.1, -0.05) is 11.6 Å². The van der Waals surface area contributed by atoms with E-state index in [1.807, 2.05) is 24.3 Å². The highest BCUT2D eigenvalue weighted by Crippen LogP contribution is 2.31. The van der Waals surface area contributed by atoms with E-state index in [1.165, 1.54) is 0 Å². The minimum atomic E-state index is 0.339. The smallest absolute Gasteiger partial charge is 0.247 e.